The van der Waals surface area contributed by atoms with Crippen molar-refractivity contribution in [3.63, 3.8) is 0 Å². The van der Waals surface area contributed by atoms with Crippen molar-refractivity contribution in [2.24, 2.45) is 0 Å². The van der Waals surface area contributed by atoms with Gasteiger partial charge in [-0.05, 0) is 42.8 Å². The number of rotatable bonds is 8. The fraction of sp³-hybridized carbons (Fsp3) is 0.400. The molecule has 2 aromatic carbocycles. The Morgan fingerprint density at radius 1 is 1.06 bits per heavy atom. The zero-order valence-electron chi connectivity index (χ0n) is 18.4. The lowest BCUT2D eigenvalue weighted by atomic mass is 10.0. The number of amides is 1. The molecule has 0 spiro atoms. The van der Waals surface area contributed by atoms with Crippen LogP contribution in [-0.2, 0) is 11.2 Å². The summed E-state index contributed by atoms with van der Waals surface area (Å²) >= 11 is 5.98. The van der Waals surface area contributed by atoms with Crippen molar-refractivity contribution in [2.75, 3.05) is 56.2 Å². The van der Waals surface area contributed by atoms with Gasteiger partial charge in [0, 0.05) is 55.4 Å². The number of aliphatic hydroxyl groups excluding tert-OH is 1. The smallest absolute Gasteiger partial charge is 0.224 e. The molecule has 4 rings (SSSR count). The van der Waals surface area contributed by atoms with Crippen molar-refractivity contribution >= 4 is 28.9 Å². The number of ether oxygens (including phenoxy) is 2. The number of fused-ring (bicyclic) bond motifs is 1. The molecular formula is C25H28ClN3O4. The van der Waals surface area contributed by atoms with Crippen LogP contribution in [0.5, 0.6) is 11.5 Å². The van der Waals surface area contributed by atoms with E-state index in [-0.39, 0.29) is 19.1 Å². The first kappa shape index (κ1) is 23.2. The van der Waals surface area contributed by atoms with Crippen LogP contribution in [-0.4, -0.2) is 68.0 Å². The molecule has 1 saturated heterocycles. The molecule has 2 aromatic rings. The molecule has 1 amide bonds. The topological polar surface area (TPSA) is 74.3 Å². The number of benzene rings is 2. The van der Waals surface area contributed by atoms with Crippen molar-refractivity contribution in [3.05, 3.63) is 47.0 Å². The maximum Gasteiger partial charge on any atom is 0.224 e. The molecule has 2 N–H and O–H groups in total. The fourth-order valence-electron chi connectivity index (χ4n) is 4.19. The molecule has 1 atom stereocenters. The summed E-state index contributed by atoms with van der Waals surface area (Å²) in [6.45, 7) is 4.33. The first-order chi connectivity index (χ1) is 16.0. The Hall–Kier alpha value is -2.92. The van der Waals surface area contributed by atoms with Gasteiger partial charge in [-0.3, -0.25) is 9.69 Å². The summed E-state index contributed by atoms with van der Waals surface area (Å²) in [5.74, 6) is 3.54. The number of hydrogen-bond donors (Lipinski definition) is 2. The van der Waals surface area contributed by atoms with E-state index in [1.165, 1.54) is 0 Å². The monoisotopic (exact) mass is 469 g/mol. The predicted octanol–water partition coefficient (Wildman–Crippen LogP) is 2.80. The highest BCUT2D eigenvalue weighted by atomic mass is 35.5. The van der Waals surface area contributed by atoms with Crippen molar-refractivity contribution in [2.45, 2.75) is 18.9 Å². The van der Waals surface area contributed by atoms with Gasteiger partial charge in [0.25, 0.3) is 0 Å². The Labute approximate surface area is 199 Å². The van der Waals surface area contributed by atoms with Crippen LogP contribution in [0.3, 0.4) is 0 Å². The van der Waals surface area contributed by atoms with Crippen LogP contribution in [0.1, 0.15) is 12.0 Å². The Morgan fingerprint density at radius 3 is 2.52 bits per heavy atom. The second kappa shape index (κ2) is 10.8. The summed E-state index contributed by atoms with van der Waals surface area (Å²) in [6, 6.07) is 11.4. The summed E-state index contributed by atoms with van der Waals surface area (Å²) < 4.78 is 11.5. The van der Waals surface area contributed by atoms with E-state index in [4.69, 9.17) is 27.5 Å². The molecule has 2 aliphatic rings. The first-order valence-corrected chi connectivity index (χ1v) is 11.5. The van der Waals surface area contributed by atoms with Gasteiger partial charge in [-0.1, -0.05) is 17.5 Å². The predicted molar refractivity (Wildman–Crippen MR) is 129 cm³/mol. The number of nitrogens with one attached hydrogen (secondary N) is 1. The van der Waals surface area contributed by atoms with E-state index in [9.17, 15) is 9.90 Å². The van der Waals surface area contributed by atoms with Crippen LogP contribution in [0.15, 0.2) is 36.4 Å². The van der Waals surface area contributed by atoms with Gasteiger partial charge in [-0.15, -0.1) is 6.42 Å². The summed E-state index contributed by atoms with van der Waals surface area (Å²) in [7, 11) is 0. The minimum atomic E-state index is -0.627. The second-order valence-corrected chi connectivity index (χ2v) is 8.62. The summed E-state index contributed by atoms with van der Waals surface area (Å²) in [5, 5.41) is 14.2. The molecule has 174 valence electrons. The molecule has 0 aliphatic carbocycles. The summed E-state index contributed by atoms with van der Waals surface area (Å²) in [4.78, 5) is 16.4. The molecule has 0 aromatic heterocycles. The molecule has 2 aliphatic heterocycles. The molecule has 2 heterocycles. The van der Waals surface area contributed by atoms with Crippen LogP contribution >= 0.6 is 11.6 Å². The van der Waals surface area contributed by atoms with Crippen LogP contribution in [0.2, 0.25) is 5.02 Å². The van der Waals surface area contributed by atoms with Crippen molar-refractivity contribution < 1.29 is 19.4 Å². The number of piperazine rings is 1. The molecule has 1 unspecified atom stereocenters. The van der Waals surface area contributed by atoms with Gasteiger partial charge in [0.2, 0.25) is 5.91 Å². The van der Waals surface area contributed by atoms with E-state index in [1.54, 1.807) is 12.1 Å². The van der Waals surface area contributed by atoms with Crippen molar-refractivity contribution in [1.29, 1.82) is 0 Å². The zero-order valence-corrected chi connectivity index (χ0v) is 19.2. The maximum atomic E-state index is 11.9. The molecule has 7 nitrogen and oxygen atoms in total. The lowest BCUT2D eigenvalue weighted by Crippen LogP contribution is -2.49. The Balaban J connectivity index is 1.30. The lowest BCUT2D eigenvalue weighted by Gasteiger charge is -2.37. The van der Waals surface area contributed by atoms with E-state index in [2.05, 4.69) is 21.0 Å². The van der Waals surface area contributed by atoms with Crippen molar-refractivity contribution in [3.8, 4) is 23.8 Å². The van der Waals surface area contributed by atoms with Gasteiger partial charge >= 0.3 is 0 Å². The third kappa shape index (κ3) is 5.91. The van der Waals surface area contributed by atoms with Crippen LogP contribution in [0.25, 0.3) is 0 Å². The second-order valence-electron chi connectivity index (χ2n) is 8.19. The highest BCUT2D eigenvalue weighted by Crippen LogP contribution is 2.39. The quantitative estimate of drug-likeness (QED) is 0.579. The van der Waals surface area contributed by atoms with Crippen LogP contribution < -0.4 is 19.7 Å². The zero-order chi connectivity index (χ0) is 23.2. The number of anilines is 2. The van der Waals surface area contributed by atoms with Gasteiger partial charge in [0.15, 0.2) is 0 Å². The van der Waals surface area contributed by atoms with Gasteiger partial charge < -0.3 is 24.8 Å². The molecule has 33 heavy (non-hydrogen) atoms. The molecule has 0 radical (unpaired) electrons. The fourth-order valence-corrected chi connectivity index (χ4v) is 4.31. The number of β-amino-alcohol motifs (C(OH)–C–C–N with tert-alkyl or cyclic N) is 1. The minimum Gasteiger partial charge on any atom is -0.490 e. The van der Waals surface area contributed by atoms with Gasteiger partial charge in [0.05, 0.1) is 5.69 Å². The SMILES string of the molecule is C#CCOc1ccc(OCC(O)CN2CCN(c3ccc(Cl)cc3)CC2)c2c1NC(=O)CC2. The van der Waals surface area contributed by atoms with Crippen molar-refractivity contribution in [1.82, 2.24) is 4.90 Å². The van der Waals surface area contributed by atoms with E-state index in [0.29, 0.717) is 36.6 Å². The van der Waals surface area contributed by atoms with Crippen LogP contribution in [0, 0.1) is 12.3 Å². The number of nitrogens with zero attached hydrogens (tertiary/aromatic N) is 2. The summed E-state index contributed by atoms with van der Waals surface area (Å²) in [6.07, 6.45) is 5.58. The molecular weight excluding hydrogens is 442 g/mol. The number of halogens is 1. The van der Waals surface area contributed by atoms with Gasteiger partial charge in [-0.2, -0.15) is 0 Å². The largest absolute Gasteiger partial charge is 0.490 e. The first-order valence-electron chi connectivity index (χ1n) is 11.1. The average molecular weight is 470 g/mol. The lowest BCUT2D eigenvalue weighted by molar-refractivity contribution is -0.116. The average Bonchev–Trinajstić information content (AvgIpc) is 2.82. The molecule has 0 saturated carbocycles. The minimum absolute atomic E-state index is 0.0667. The standard InChI is InChI=1S/C25H28ClN3O4/c1-2-15-32-23-9-8-22(21-7-10-24(31)27-25(21)23)33-17-20(30)16-28-11-13-29(14-12-28)19-5-3-18(26)4-6-19/h1,3-6,8-9,20,30H,7,10-17H2,(H,27,31). The number of aliphatic hydroxyl groups is 1. The third-order valence-corrected chi connectivity index (χ3v) is 6.13. The molecule has 8 heteroatoms. The summed E-state index contributed by atoms with van der Waals surface area (Å²) in [5.41, 5.74) is 2.63. The molecule has 0 bridgehead atoms. The number of terminal acetylenes is 1. The molecule has 1 fully saturated rings. The number of carbonyl (C=O) groups is 1. The number of hydrogen-bond acceptors (Lipinski definition) is 6. The third-order valence-electron chi connectivity index (χ3n) is 5.87. The normalized spacial score (nSPS) is 17.0. The van der Waals surface area contributed by atoms with Gasteiger partial charge in [0.1, 0.15) is 30.8 Å². The van der Waals surface area contributed by atoms with Gasteiger partial charge in [-0.25, -0.2) is 0 Å². The van der Waals surface area contributed by atoms with E-state index in [0.717, 1.165) is 42.5 Å². The highest BCUT2D eigenvalue weighted by molar-refractivity contribution is 6.30. The van der Waals surface area contributed by atoms with E-state index >= 15 is 0 Å². The number of carbonyl (C=O) groups excluding carboxylic acids is 1. The van der Waals surface area contributed by atoms with Crippen LogP contribution in [0.4, 0.5) is 11.4 Å². The highest BCUT2D eigenvalue weighted by Gasteiger charge is 2.24. The maximum absolute atomic E-state index is 11.9. The Kier molecular flexibility index (Phi) is 7.61. The van der Waals surface area contributed by atoms with E-state index in [1.807, 2.05) is 24.3 Å². The Bertz CT molecular complexity index is 1010. The van der Waals surface area contributed by atoms with E-state index < -0.39 is 6.10 Å². The Morgan fingerprint density at radius 2 is 1.79 bits per heavy atom.